The molecular weight excluding hydrogens is 968 g/mol. The molecule has 3 N–H and O–H groups in total. The predicted octanol–water partition coefficient (Wildman–Crippen LogP) is 9.77. The third kappa shape index (κ3) is 11.8. The van der Waals surface area contributed by atoms with Crippen LogP contribution in [0.4, 0.5) is 11.9 Å². The zero-order valence-electron chi connectivity index (χ0n) is 39.9. The topological polar surface area (TPSA) is 198 Å². The van der Waals surface area contributed by atoms with Crippen molar-refractivity contribution in [2.75, 3.05) is 23.0 Å². The van der Waals surface area contributed by atoms with Gasteiger partial charge in [0, 0.05) is 79.6 Å². The van der Waals surface area contributed by atoms with Gasteiger partial charge in [-0.25, -0.2) is 45.0 Å². The van der Waals surface area contributed by atoms with Gasteiger partial charge in [-0.15, -0.1) is 12.4 Å². The summed E-state index contributed by atoms with van der Waals surface area (Å²) in [5.74, 6) is 0.335. The Bertz CT molecular complexity index is 3460. The second-order valence-electron chi connectivity index (χ2n) is 16.7. The van der Waals surface area contributed by atoms with Crippen LogP contribution in [-0.2, 0) is 48.7 Å². The molecule has 3 aliphatic heterocycles. The first kappa shape index (κ1) is 51.2. The molecule has 0 unspecified atom stereocenters. The van der Waals surface area contributed by atoms with Crippen LogP contribution in [0, 0.1) is 0 Å². The Kier molecular flexibility index (Phi) is 16.7. The summed E-state index contributed by atoms with van der Waals surface area (Å²) in [6.07, 6.45) is 5.36. The van der Waals surface area contributed by atoms with E-state index in [2.05, 4.69) is 40.1 Å². The van der Waals surface area contributed by atoms with Crippen LogP contribution >= 0.6 is 24.0 Å². The number of carbonyl (C=O) groups excluding carboxylic acids is 3. The number of aromatic nitrogens is 6. The van der Waals surface area contributed by atoms with Gasteiger partial charge in [-0.2, -0.15) is 0 Å². The molecule has 0 aliphatic carbocycles. The number of para-hydroxylation sites is 3. The van der Waals surface area contributed by atoms with Crippen molar-refractivity contribution < 1.29 is 29.1 Å². The van der Waals surface area contributed by atoms with Gasteiger partial charge < -0.3 is 24.6 Å². The fraction of sp³-hybridized carbons (Fsp3) is 0.182. The Morgan fingerprint density at radius 2 is 0.986 bits per heavy atom. The quantitative estimate of drug-likeness (QED) is 0.0590. The number of amides is 1. The number of esters is 2. The minimum absolute atomic E-state index is 0. The summed E-state index contributed by atoms with van der Waals surface area (Å²) in [6.45, 7) is 8.54. The largest absolute Gasteiger partial charge is 0.462 e. The van der Waals surface area contributed by atoms with Crippen LogP contribution in [-0.4, -0.2) is 66.2 Å². The van der Waals surface area contributed by atoms with Crippen molar-refractivity contribution in [1.82, 2.24) is 40.7 Å². The summed E-state index contributed by atoms with van der Waals surface area (Å²) in [7, 11) is 0. The maximum absolute atomic E-state index is 12.2. The molecule has 0 saturated carbocycles. The molecule has 1 amide bonds. The molecule has 16 nitrogen and oxygen atoms in total. The van der Waals surface area contributed by atoms with Gasteiger partial charge in [0.2, 0.25) is 17.2 Å². The number of anilines is 2. The summed E-state index contributed by atoms with van der Waals surface area (Å²) in [5.41, 5.74) is 12.6. The van der Waals surface area contributed by atoms with Crippen LogP contribution < -0.4 is 20.6 Å². The number of halogens is 2. The van der Waals surface area contributed by atoms with Crippen molar-refractivity contribution in [2.45, 2.75) is 53.1 Å². The Hall–Kier alpha value is -8.15. The lowest BCUT2D eigenvalue weighted by molar-refractivity contribution is 0.0515. The maximum Gasteiger partial charge on any atom is 0.338 e. The molecular formula is C55H50Cl2N10O6. The predicted molar refractivity (Wildman–Crippen MR) is 282 cm³/mol. The number of benzene rings is 6. The zero-order valence-corrected chi connectivity index (χ0v) is 41.4. The van der Waals surface area contributed by atoms with Gasteiger partial charge in [-0.1, -0.05) is 91.0 Å². The number of rotatable bonds is 7. The van der Waals surface area contributed by atoms with Crippen LogP contribution in [0.2, 0.25) is 5.28 Å². The number of hydrogen-bond acceptors (Lipinski definition) is 15. The molecule has 9 aromatic rings. The van der Waals surface area contributed by atoms with E-state index in [0.717, 1.165) is 73.6 Å². The molecule has 6 heterocycles. The summed E-state index contributed by atoms with van der Waals surface area (Å²) < 4.78 is 10.1. The number of ether oxygens (including phenoxy) is 2. The minimum atomic E-state index is -0.497. The zero-order chi connectivity index (χ0) is 50.0. The molecule has 3 aliphatic rings. The highest BCUT2D eigenvalue weighted by Gasteiger charge is 2.28. The van der Waals surface area contributed by atoms with E-state index in [1.54, 1.807) is 17.7 Å². The lowest BCUT2D eigenvalue weighted by Crippen LogP contribution is -2.21. The second-order valence-corrected chi connectivity index (χ2v) is 17.0. The average Bonchev–Trinajstić information content (AvgIpc) is 4.20. The Labute approximate surface area is 431 Å². The highest BCUT2D eigenvalue weighted by Crippen LogP contribution is 2.31. The molecule has 0 saturated heterocycles. The third-order valence-electron chi connectivity index (χ3n) is 12.2. The average molecular weight is 1020 g/mol. The van der Waals surface area contributed by atoms with Crippen LogP contribution in [0.25, 0.3) is 32.7 Å². The summed E-state index contributed by atoms with van der Waals surface area (Å²) in [5, 5.41) is 15.4. The van der Waals surface area contributed by atoms with E-state index in [1.807, 2.05) is 152 Å². The van der Waals surface area contributed by atoms with Crippen LogP contribution in [0.5, 0.6) is 0 Å². The number of hydroxylamine groups is 1. The van der Waals surface area contributed by atoms with E-state index >= 15 is 0 Å². The third-order valence-corrected chi connectivity index (χ3v) is 12.4. The van der Waals surface area contributed by atoms with E-state index in [4.69, 9.17) is 26.3 Å². The standard InChI is InChI=1S/C19H17N3O2.C17H14N4O2.C11H13NO2.C8H5ClN2.ClH/c1-2-24-18(23)15-8-5-7-14-11-22(12-16(14)15)19-20-10-13-6-3-4-9-17(13)21-19;22-16(20-23)13-6-3-5-12-9-21(10-14(12)13)17-18-8-11-4-1-2-7-15(11)19-17;1-2-14-11(13)9-5-3-4-8-6-12-7-10(8)9;9-8-10-5-6-3-1-2-4-7(6)11-8;/h3-10H,2,11-12H2,1H3;1-8,23H,9-10H2,(H,20,22);3-5,12H,2,6-7H2,1H3;1-5H;1H. The number of carbonyl (C=O) groups is 3. The maximum atomic E-state index is 12.2. The molecule has 6 aromatic carbocycles. The number of nitrogens with zero attached hydrogens (tertiary/aromatic N) is 8. The molecule has 0 bridgehead atoms. The molecule has 0 fully saturated rings. The Morgan fingerprint density at radius 3 is 1.49 bits per heavy atom. The lowest BCUT2D eigenvalue weighted by Gasteiger charge is -2.15. The first-order valence-electron chi connectivity index (χ1n) is 23.3. The number of hydrogen-bond donors (Lipinski definition) is 3. The Morgan fingerprint density at radius 1 is 0.548 bits per heavy atom. The summed E-state index contributed by atoms with van der Waals surface area (Å²) in [4.78, 5) is 65.6. The van der Waals surface area contributed by atoms with Crippen LogP contribution in [0.15, 0.2) is 146 Å². The first-order chi connectivity index (χ1) is 35.2. The van der Waals surface area contributed by atoms with Crippen molar-refractivity contribution in [1.29, 1.82) is 0 Å². The van der Waals surface area contributed by atoms with Gasteiger partial charge >= 0.3 is 11.9 Å². The smallest absolute Gasteiger partial charge is 0.338 e. The SMILES string of the molecule is CCOC(=O)c1cccc2c1CN(c1ncc3ccccc3n1)C2.CCOC(=O)c1cccc2c1CNC2.Cl.Clc1ncc2ccccc2n1.O=C(NO)c1cccc2c1CN(c1ncc3ccccc3n1)C2. The lowest BCUT2D eigenvalue weighted by atomic mass is 10.0. The second kappa shape index (κ2) is 23.8. The molecule has 18 heteroatoms. The van der Waals surface area contributed by atoms with Gasteiger partial charge in [0.15, 0.2) is 0 Å². The fourth-order valence-corrected chi connectivity index (χ4v) is 8.85. The van der Waals surface area contributed by atoms with Gasteiger partial charge in [0.25, 0.3) is 5.91 Å². The summed E-state index contributed by atoms with van der Waals surface area (Å²) in [6, 6.07) is 40.5. The van der Waals surface area contributed by atoms with E-state index in [9.17, 15) is 14.4 Å². The first-order valence-corrected chi connectivity index (χ1v) is 23.7. The molecule has 3 aromatic heterocycles. The van der Waals surface area contributed by atoms with Gasteiger partial charge in [0.1, 0.15) is 0 Å². The van der Waals surface area contributed by atoms with E-state index in [1.165, 1.54) is 5.56 Å². The molecule has 0 atom stereocenters. The molecule has 0 spiro atoms. The van der Waals surface area contributed by atoms with Crippen molar-refractivity contribution in [2.24, 2.45) is 0 Å². The summed E-state index contributed by atoms with van der Waals surface area (Å²) >= 11 is 5.60. The van der Waals surface area contributed by atoms with Crippen molar-refractivity contribution in [3.8, 4) is 0 Å². The van der Waals surface area contributed by atoms with Crippen LogP contribution in [0.3, 0.4) is 0 Å². The fourth-order valence-electron chi connectivity index (χ4n) is 8.71. The molecule has 73 heavy (non-hydrogen) atoms. The van der Waals surface area contributed by atoms with Crippen molar-refractivity contribution in [3.63, 3.8) is 0 Å². The van der Waals surface area contributed by atoms with Gasteiger partial charge in [-0.3, -0.25) is 10.0 Å². The monoisotopic (exact) mass is 1020 g/mol. The highest BCUT2D eigenvalue weighted by atomic mass is 35.5. The van der Waals surface area contributed by atoms with Gasteiger partial charge in [-0.05, 0) is 95.2 Å². The molecule has 0 radical (unpaired) electrons. The van der Waals surface area contributed by atoms with Gasteiger partial charge in [0.05, 0.1) is 40.9 Å². The van der Waals surface area contributed by atoms with E-state index in [-0.39, 0.29) is 24.3 Å². The van der Waals surface area contributed by atoms with Crippen LogP contribution in [0.1, 0.15) is 78.3 Å². The number of fused-ring (bicyclic) bond motifs is 6. The van der Waals surface area contributed by atoms with E-state index < -0.39 is 5.91 Å². The molecule has 370 valence electrons. The normalized spacial score (nSPS) is 12.7. The Balaban J connectivity index is 0.000000135. The van der Waals surface area contributed by atoms with E-state index in [0.29, 0.717) is 73.3 Å². The molecule has 12 rings (SSSR count). The van der Waals surface area contributed by atoms with Crippen molar-refractivity contribution in [3.05, 3.63) is 201 Å². The number of nitrogens with one attached hydrogen (secondary N) is 2. The van der Waals surface area contributed by atoms with Crippen molar-refractivity contribution >= 4 is 86.5 Å². The minimum Gasteiger partial charge on any atom is -0.462 e. The highest BCUT2D eigenvalue weighted by molar-refractivity contribution is 6.28.